The van der Waals surface area contributed by atoms with Gasteiger partial charge in [-0.2, -0.15) is 5.10 Å². The lowest BCUT2D eigenvalue weighted by molar-refractivity contribution is 0.0695. The number of aromatic carboxylic acids is 1. The van der Waals surface area contributed by atoms with Gasteiger partial charge in [-0.1, -0.05) is 23.2 Å². The number of aromatic nitrogens is 4. The summed E-state index contributed by atoms with van der Waals surface area (Å²) in [5.41, 5.74) is 1.28. The first-order chi connectivity index (χ1) is 16.9. The van der Waals surface area contributed by atoms with E-state index in [1.165, 1.54) is 6.20 Å². The van der Waals surface area contributed by atoms with Crippen LogP contribution in [0.2, 0.25) is 10.0 Å². The monoisotopic (exact) mass is 513 g/mol. The lowest BCUT2D eigenvalue weighted by atomic mass is 10.1. The van der Waals surface area contributed by atoms with Gasteiger partial charge in [-0.3, -0.25) is 9.89 Å². The molecule has 0 spiro atoms. The van der Waals surface area contributed by atoms with Crippen LogP contribution in [0, 0.1) is 0 Å². The number of hydrogen-bond acceptors (Lipinski definition) is 6. The molecule has 2 N–H and O–H groups in total. The number of carboxylic acid groups (broad SMARTS) is 1. The Morgan fingerprint density at radius 3 is 2.89 bits per heavy atom. The number of fused-ring (bicyclic) bond motifs is 1. The number of benzene rings is 1. The van der Waals surface area contributed by atoms with Crippen LogP contribution in [0.3, 0.4) is 0 Å². The number of ether oxygens (including phenoxy) is 1. The van der Waals surface area contributed by atoms with E-state index in [0.717, 1.165) is 30.6 Å². The minimum absolute atomic E-state index is 0.0235. The number of aromatic amines is 1. The molecule has 9 nitrogen and oxygen atoms in total. The van der Waals surface area contributed by atoms with Crippen molar-refractivity contribution in [2.45, 2.75) is 25.4 Å². The molecule has 1 fully saturated rings. The summed E-state index contributed by atoms with van der Waals surface area (Å²) >= 11 is 12.8. The number of hydrogen-bond donors (Lipinski definition) is 2. The van der Waals surface area contributed by atoms with E-state index in [1.54, 1.807) is 41.4 Å². The molecule has 11 heteroatoms. The predicted molar refractivity (Wildman–Crippen MR) is 133 cm³/mol. The maximum absolute atomic E-state index is 12.9. The Bertz CT molecular complexity index is 1450. The van der Waals surface area contributed by atoms with Crippen LogP contribution in [-0.4, -0.2) is 50.0 Å². The highest BCUT2D eigenvalue weighted by atomic mass is 35.5. The summed E-state index contributed by atoms with van der Waals surface area (Å²) in [6.45, 7) is 1.46. The fraction of sp³-hybridized carbons (Fsp3) is 0.250. The fourth-order valence-electron chi connectivity index (χ4n) is 4.44. The molecule has 0 unspecified atom stereocenters. The Morgan fingerprint density at radius 2 is 2.14 bits per heavy atom. The summed E-state index contributed by atoms with van der Waals surface area (Å²) < 4.78 is 7.63. The minimum Gasteiger partial charge on any atom is -0.477 e. The van der Waals surface area contributed by atoms with E-state index in [0.29, 0.717) is 34.6 Å². The van der Waals surface area contributed by atoms with Crippen LogP contribution in [0.25, 0.3) is 10.9 Å². The summed E-state index contributed by atoms with van der Waals surface area (Å²) in [5.74, 6) is -0.913. The molecule has 3 aromatic heterocycles. The molecule has 4 aromatic rings. The maximum atomic E-state index is 12.9. The van der Waals surface area contributed by atoms with Crippen LogP contribution in [0.1, 0.15) is 28.8 Å². The fourth-order valence-corrected chi connectivity index (χ4v) is 4.89. The molecule has 0 bridgehead atoms. The second-order valence-corrected chi connectivity index (χ2v) is 9.14. The van der Waals surface area contributed by atoms with E-state index in [2.05, 4.69) is 20.1 Å². The lowest BCUT2D eigenvalue weighted by Crippen LogP contribution is -2.34. The van der Waals surface area contributed by atoms with Crippen molar-refractivity contribution < 1.29 is 14.6 Å². The molecule has 180 valence electrons. The topological polar surface area (TPSA) is 113 Å². The zero-order chi connectivity index (χ0) is 24.5. The molecule has 35 heavy (non-hydrogen) atoms. The van der Waals surface area contributed by atoms with Gasteiger partial charge in [0, 0.05) is 36.1 Å². The summed E-state index contributed by atoms with van der Waals surface area (Å²) in [5, 5.41) is 17.3. The number of anilines is 1. The van der Waals surface area contributed by atoms with E-state index in [4.69, 9.17) is 27.9 Å². The Kier molecular flexibility index (Phi) is 6.36. The van der Waals surface area contributed by atoms with Gasteiger partial charge >= 0.3 is 5.97 Å². The summed E-state index contributed by atoms with van der Waals surface area (Å²) in [7, 11) is 0. The molecule has 0 saturated carbocycles. The van der Waals surface area contributed by atoms with E-state index in [9.17, 15) is 14.7 Å². The second-order valence-electron chi connectivity index (χ2n) is 8.32. The molecule has 1 aliphatic heterocycles. The van der Waals surface area contributed by atoms with Crippen LogP contribution in [0.4, 0.5) is 5.69 Å². The largest absolute Gasteiger partial charge is 0.477 e. The zero-order valence-corrected chi connectivity index (χ0v) is 20.0. The molecule has 4 heterocycles. The molecule has 0 aliphatic carbocycles. The third-order valence-electron chi connectivity index (χ3n) is 6.11. The predicted octanol–water partition coefficient (Wildman–Crippen LogP) is 4.22. The maximum Gasteiger partial charge on any atom is 0.341 e. The van der Waals surface area contributed by atoms with Crippen LogP contribution in [-0.2, 0) is 6.54 Å². The molecule has 0 radical (unpaired) electrons. The quantitative estimate of drug-likeness (QED) is 0.380. The third-order valence-corrected chi connectivity index (χ3v) is 6.70. The first kappa shape index (κ1) is 23.2. The second kappa shape index (κ2) is 9.59. The normalized spacial score (nSPS) is 15.6. The van der Waals surface area contributed by atoms with Gasteiger partial charge in [0.1, 0.15) is 17.2 Å². The van der Waals surface area contributed by atoms with Gasteiger partial charge in [0.2, 0.25) is 11.3 Å². The Balaban J connectivity index is 1.54. The molecule has 1 aliphatic rings. The first-order valence-corrected chi connectivity index (χ1v) is 11.8. The Labute approximate surface area is 209 Å². The molecule has 1 atom stereocenters. The van der Waals surface area contributed by atoms with Crippen molar-refractivity contribution >= 4 is 45.8 Å². The summed E-state index contributed by atoms with van der Waals surface area (Å²) in [4.78, 5) is 31.0. The number of nitrogens with one attached hydrogen (secondary N) is 1. The summed E-state index contributed by atoms with van der Waals surface area (Å²) in [6.07, 6.45) is 8.19. The number of rotatable bonds is 7. The highest BCUT2D eigenvalue weighted by Gasteiger charge is 2.28. The average molecular weight is 514 g/mol. The molecule has 1 aromatic carbocycles. The number of nitrogens with zero attached hydrogens (tertiary/aromatic N) is 4. The Morgan fingerprint density at radius 1 is 1.29 bits per heavy atom. The van der Waals surface area contributed by atoms with Gasteiger partial charge in [0.25, 0.3) is 0 Å². The number of carboxylic acids is 1. The summed E-state index contributed by atoms with van der Waals surface area (Å²) in [6, 6.07) is 6.89. The van der Waals surface area contributed by atoms with Gasteiger partial charge in [0.15, 0.2) is 0 Å². The standard InChI is InChI=1S/C24H21Cl2N5O4/c25-18-4-1-5-27-23(18)35-13-15-3-2-6-31(15)21-8-20-16(7-19(21)26)22(32)17(24(33)34)12-30(20)11-14-9-28-29-10-14/h1,4-5,7-10,12,15H,2-3,6,11,13H2,(H,28,29)(H,33,34)/t15-/m1/s1. The van der Waals surface area contributed by atoms with E-state index in [-0.39, 0.29) is 17.0 Å². The molecule has 1 saturated heterocycles. The minimum atomic E-state index is -1.29. The van der Waals surface area contributed by atoms with Crippen molar-refractivity contribution in [2.24, 2.45) is 0 Å². The van der Waals surface area contributed by atoms with Crippen molar-refractivity contribution in [1.82, 2.24) is 19.7 Å². The smallest absolute Gasteiger partial charge is 0.341 e. The molecular formula is C24H21Cl2N5O4. The highest BCUT2D eigenvalue weighted by molar-refractivity contribution is 6.34. The van der Waals surface area contributed by atoms with E-state index in [1.807, 2.05) is 6.07 Å². The van der Waals surface area contributed by atoms with Crippen molar-refractivity contribution in [3.63, 3.8) is 0 Å². The number of halogens is 2. The van der Waals surface area contributed by atoms with E-state index < -0.39 is 11.4 Å². The van der Waals surface area contributed by atoms with Crippen LogP contribution < -0.4 is 15.1 Å². The number of H-pyrrole nitrogens is 1. The van der Waals surface area contributed by atoms with Crippen molar-refractivity contribution in [2.75, 3.05) is 18.1 Å². The number of pyridine rings is 2. The van der Waals surface area contributed by atoms with Gasteiger partial charge in [-0.25, -0.2) is 9.78 Å². The van der Waals surface area contributed by atoms with Crippen LogP contribution in [0.5, 0.6) is 5.88 Å². The molecule has 0 amide bonds. The highest BCUT2D eigenvalue weighted by Crippen LogP contribution is 2.35. The van der Waals surface area contributed by atoms with Crippen molar-refractivity contribution in [3.05, 3.63) is 80.4 Å². The average Bonchev–Trinajstić information content (AvgIpc) is 3.52. The van der Waals surface area contributed by atoms with Crippen LogP contribution in [0.15, 0.2) is 53.8 Å². The molecule has 5 rings (SSSR count). The zero-order valence-electron chi connectivity index (χ0n) is 18.4. The van der Waals surface area contributed by atoms with Gasteiger partial charge < -0.3 is 19.3 Å². The number of carbonyl (C=O) groups is 1. The van der Waals surface area contributed by atoms with E-state index >= 15 is 0 Å². The SMILES string of the molecule is O=C(O)c1cn(Cc2cn[nH]c2)c2cc(N3CCC[C@@H]3COc3ncccc3Cl)c(Cl)cc2c1=O. The van der Waals surface area contributed by atoms with Crippen molar-refractivity contribution in [1.29, 1.82) is 0 Å². The van der Waals surface area contributed by atoms with Gasteiger partial charge in [-0.15, -0.1) is 0 Å². The van der Waals surface area contributed by atoms with Gasteiger partial charge in [-0.05, 0) is 37.1 Å². The van der Waals surface area contributed by atoms with Gasteiger partial charge in [0.05, 0.1) is 35.0 Å². The van der Waals surface area contributed by atoms with Crippen LogP contribution >= 0.6 is 23.2 Å². The van der Waals surface area contributed by atoms with Crippen molar-refractivity contribution in [3.8, 4) is 5.88 Å². The third kappa shape index (κ3) is 4.56. The lowest BCUT2D eigenvalue weighted by Gasteiger charge is -2.28. The Hall–Kier alpha value is -3.56. The first-order valence-electron chi connectivity index (χ1n) is 11.0. The molecular weight excluding hydrogens is 493 g/mol.